The Morgan fingerprint density at radius 2 is 1.70 bits per heavy atom. The maximum atomic E-state index is 13.1. The van der Waals surface area contributed by atoms with Crippen LogP contribution in [0.5, 0.6) is 0 Å². The summed E-state index contributed by atoms with van der Waals surface area (Å²) in [6.45, 7) is 5.27. The SMILES string of the molecule is CC1(C)N=C(N)N=C(N)N1c1ccc(CNC(=O)Nc2cccc(S(=O)(=O)F)c2)cc1.CCS(=O)(=O)O. The van der Waals surface area contributed by atoms with Gasteiger partial charge in [-0.25, -0.2) is 9.79 Å². The van der Waals surface area contributed by atoms with Gasteiger partial charge in [-0.3, -0.25) is 9.45 Å². The highest BCUT2D eigenvalue weighted by Crippen LogP contribution is 2.27. The summed E-state index contributed by atoms with van der Waals surface area (Å²) in [5, 5.41) is 5.10. The van der Waals surface area contributed by atoms with Crippen LogP contribution in [0.3, 0.4) is 0 Å². The molecule has 1 heterocycles. The highest BCUT2D eigenvalue weighted by Gasteiger charge is 2.32. The predicted molar refractivity (Wildman–Crippen MR) is 139 cm³/mol. The van der Waals surface area contributed by atoms with E-state index in [9.17, 15) is 25.5 Å². The molecular weight excluding hydrogens is 529 g/mol. The fraction of sp³-hybridized carbons (Fsp3) is 0.286. The first-order chi connectivity index (χ1) is 17.0. The highest BCUT2D eigenvalue weighted by molar-refractivity contribution is 7.86. The van der Waals surface area contributed by atoms with Crippen molar-refractivity contribution >= 4 is 49.7 Å². The lowest BCUT2D eigenvalue weighted by Gasteiger charge is -2.38. The lowest BCUT2D eigenvalue weighted by molar-refractivity contribution is 0.251. The van der Waals surface area contributed by atoms with Crippen molar-refractivity contribution in [3.63, 3.8) is 0 Å². The van der Waals surface area contributed by atoms with E-state index in [1.165, 1.54) is 19.1 Å². The minimum atomic E-state index is -4.85. The summed E-state index contributed by atoms with van der Waals surface area (Å²) in [7, 11) is -8.52. The number of aliphatic imine (C=N–C) groups is 2. The zero-order valence-electron chi connectivity index (χ0n) is 20.2. The fourth-order valence-corrected chi connectivity index (χ4v) is 3.61. The second-order valence-electron chi connectivity index (χ2n) is 8.08. The number of rotatable bonds is 6. The normalized spacial score (nSPS) is 15.0. The molecule has 0 fully saturated rings. The van der Waals surface area contributed by atoms with E-state index in [0.29, 0.717) is 0 Å². The summed E-state index contributed by atoms with van der Waals surface area (Å²) in [6, 6.07) is 11.6. The number of hydrogen-bond acceptors (Lipinski definition) is 10. The van der Waals surface area contributed by atoms with Crippen LogP contribution >= 0.6 is 0 Å². The van der Waals surface area contributed by atoms with E-state index in [1.807, 2.05) is 26.0 Å². The Morgan fingerprint density at radius 3 is 2.22 bits per heavy atom. The molecule has 0 radical (unpaired) electrons. The van der Waals surface area contributed by atoms with Crippen LogP contribution in [0, 0.1) is 0 Å². The van der Waals surface area contributed by atoms with Crippen LogP contribution in [0.15, 0.2) is 63.4 Å². The zero-order chi connectivity index (χ0) is 28.0. The van der Waals surface area contributed by atoms with Crippen molar-refractivity contribution in [2.75, 3.05) is 16.0 Å². The van der Waals surface area contributed by atoms with Gasteiger partial charge in [-0.15, -0.1) is 3.89 Å². The second kappa shape index (κ2) is 11.5. The van der Waals surface area contributed by atoms with Gasteiger partial charge in [-0.1, -0.05) is 18.2 Å². The number of carbonyl (C=O) groups is 1. The summed E-state index contributed by atoms with van der Waals surface area (Å²) in [5.41, 5.74) is 12.7. The van der Waals surface area contributed by atoms with Gasteiger partial charge >= 0.3 is 16.3 Å². The molecule has 0 unspecified atom stereocenters. The smallest absolute Gasteiger partial charge is 0.332 e. The van der Waals surface area contributed by atoms with Crippen LogP contribution in [0.4, 0.5) is 20.1 Å². The van der Waals surface area contributed by atoms with Crippen LogP contribution in [-0.2, 0) is 26.9 Å². The van der Waals surface area contributed by atoms with E-state index in [-0.39, 0.29) is 29.9 Å². The molecular formula is C21H28FN7O6S2. The van der Waals surface area contributed by atoms with Crippen LogP contribution in [0.2, 0.25) is 0 Å². The molecule has 202 valence electrons. The van der Waals surface area contributed by atoms with Gasteiger partial charge in [-0.2, -0.15) is 21.8 Å². The summed E-state index contributed by atoms with van der Waals surface area (Å²) in [4.78, 5) is 21.6. The van der Waals surface area contributed by atoms with Gasteiger partial charge in [0.25, 0.3) is 10.1 Å². The molecule has 0 spiro atoms. The van der Waals surface area contributed by atoms with Gasteiger partial charge in [0.05, 0.1) is 5.75 Å². The first kappa shape index (κ1) is 29.5. The predicted octanol–water partition coefficient (Wildman–Crippen LogP) is 1.75. The van der Waals surface area contributed by atoms with Crippen molar-refractivity contribution in [2.45, 2.75) is 37.9 Å². The number of urea groups is 1. The first-order valence-electron chi connectivity index (χ1n) is 10.7. The van der Waals surface area contributed by atoms with Crippen LogP contribution in [0.25, 0.3) is 0 Å². The fourth-order valence-electron chi connectivity index (χ4n) is 3.10. The van der Waals surface area contributed by atoms with Gasteiger partial charge in [-0.05, 0) is 56.7 Å². The number of nitrogens with two attached hydrogens (primary N) is 2. The Morgan fingerprint density at radius 1 is 1.11 bits per heavy atom. The monoisotopic (exact) mass is 557 g/mol. The van der Waals surface area contributed by atoms with Gasteiger partial charge < -0.3 is 22.1 Å². The Balaban J connectivity index is 0.000000717. The number of carbonyl (C=O) groups excluding carboxylic acids is 1. The van der Waals surface area contributed by atoms with Crippen molar-refractivity contribution in [1.29, 1.82) is 0 Å². The molecule has 1 aliphatic rings. The lowest BCUT2D eigenvalue weighted by atomic mass is 10.1. The van der Waals surface area contributed by atoms with Crippen molar-refractivity contribution in [3.05, 3.63) is 54.1 Å². The second-order valence-corrected chi connectivity index (χ2v) is 11.2. The number of halogens is 1. The molecule has 0 saturated carbocycles. The maximum absolute atomic E-state index is 13.1. The lowest BCUT2D eigenvalue weighted by Crippen LogP contribution is -2.54. The third-order valence-corrected chi connectivity index (χ3v) is 6.33. The zero-order valence-corrected chi connectivity index (χ0v) is 21.8. The van der Waals surface area contributed by atoms with Crippen molar-refractivity contribution in [2.24, 2.45) is 21.5 Å². The Labute approximate surface area is 214 Å². The molecule has 13 nitrogen and oxygen atoms in total. The summed E-state index contributed by atoms with van der Waals surface area (Å²) in [6.07, 6.45) is 0. The van der Waals surface area contributed by atoms with Gasteiger partial charge in [0.15, 0.2) is 0 Å². The third kappa shape index (κ3) is 9.00. The molecule has 1 aliphatic heterocycles. The summed E-state index contributed by atoms with van der Waals surface area (Å²) >= 11 is 0. The molecule has 0 saturated heterocycles. The van der Waals surface area contributed by atoms with Crippen molar-refractivity contribution < 1.29 is 30.1 Å². The maximum Gasteiger partial charge on any atom is 0.332 e. The van der Waals surface area contributed by atoms with E-state index in [2.05, 4.69) is 20.6 Å². The Hall–Kier alpha value is -3.76. The molecule has 2 aromatic rings. The molecule has 16 heteroatoms. The molecule has 0 aromatic heterocycles. The highest BCUT2D eigenvalue weighted by atomic mass is 32.3. The minimum absolute atomic E-state index is 0.111. The van der Waals surface area contributed by atoms with Crippen LogP contribution in [-0.4, -0.2) is 50.8 Å². The Bertz CT molecular complexity index is 1410. The van der Waals surface area contributed by atoms with E-state index < -0.39 is 36.9 Å². The number of nitrogens with one attached hydrogen (secondary N) is 2. The van der Waals surface area contributed by atoms with Crippen LogP contribution in [0.1, 0.15) is 26.3 Å². The molecule has 0 aliphatic carbocycles. The number of hydrogen-bond donors (Lipinski definition) is 5. The van der Waals surface area contributed by atoms with E-state index >= 15 is 0 Å². The number of benzene rings is 2. The quantitative estimate of drug-likeness (QED) is 0.258. The van der Waals surface area contributed by atoms with Gasteiger partial charge in [0.2, 0.25) is 11.9 Å². The van der Waals surface area contributed by atoms with Crippen LogP contribution < -0.4 is 27.0 Å². The van der Waals surface area contributed by atoms with E-state index in [4.69, 9.17) is 16.0 Å². The summed E-state index contributed by atoms with van der Waals surface area (Å²) in [5.74, 6) is 0.132. The molecule has 2 amide bonds. The Kier molecular flexibility index (Phi) is 9.18. The number of nitrogens with zero attached hydrogens (tertiary/aromatic N) is 3. The van der Waals surface area contributed by atoms with Gasteiger partial charge in [0.1, 0.15) is 10.6 Å². The molecule has 7 N–H and O–H groups in total. The third-order valence-electron chi connectivity index (χ3n) is 4.78. The van der Waals surface area contributed by atoms with E-state index in [0.717, 1.165) is 23.4 Å². The molecule has 37 heavy (non-hydrogen) atoms. The molecule has 0 atom stereocenters. The standard InChI is InChI=1S/C19H22FN7O3S.C2H6O3S/c1-19(2)26-16(21)25-17(22)27(19)14-8-6-12(7-9-14)11-23-18(28)24-13-4-3-5-15(10-13)31(20,29)30;1-2-6(3,4)5/h3-10H,11H2,1-2H3,(H2,23,24,28)(H4,21,22,25,26);2H2,1H3,(H,3,4,5). The first-order valence-corrected chi connectivity index (χ1v) is 13.6. The molecule has 0 bridgehead atoms. The minimum Gasteiger partial charge on any atom is -0.369 e. The van der Waals surface area contributed by atoms with E-state index in [1.54, 1.807) is 17.0 Å². The molecule has 3 rings (SSSR count). The molecule has 2 aromatic carbocycles. The largest absolute Gasteiger partial charge is 0.369 e. The van der Waals surface area contributed by atoms with Gasteiger partial charge in [0, 0.05) is 17.9 Å². The summed E-state index contributed by atoms with van der Waals surface area (Å²) < 4.78 is 61.9. The topological polar surface area (TPSA) is 210 Å². The average molecular weight is 558 g/mol. The van der Waals surface area contributed by atoms with Crippen molar-refractivity contribution in [1.82, 2.24) is 5.32 Å². The van der Waals surface area contributed by atoms with Crippen molar-refractivity contribution in [3.8, 4) is 0 Å². The number of guanidine groups is 2. The average Bonchev–Trinajstić information content (AvgIpc) is 2.77. The number of amides is 2. The number of anilines is 2.